The zero-order chi connectivity index (χ0) is 9.26. The fourth-order valence-electron chi connectivity index (χ4n) is 1.85. The van der Waals surface area contributed by atoms with Crippen molar-refractivity contribution in [2.75, 3.05) is 0 Å². The molecule has 68 valence electrons. The molecular formula is C12H14O. The Kier molecular flexibility index (Phi) is 2.19. The van der Waals surface area contributed by atoms with E-state index < -0.39 is 0 Å². The Labute approximate surface area is 78.7 Å². The summed E-state index contributed by atoms with van der Waals surface area (Å²) in [6.07, 6.45) is 4.89. The topological polar surface area (TPSA) is 20.2 Å². The molecule has 1 heteroatoms. The van der Waals surface area contributed by atoms with Crippen LogP contribution in [0.2, 0.25) is 0 Å². The predicted molar refractivity (Wildman–Crippen MR) is 54.2 cm³/mol. The first-order chi connectivity index (χ1) is 6.33. The van der Waals surface area contributed by atoms with Gasteiger partial charge in [0.05, 0.1) is 6.10 Å². The molecule has 0 saturated carbocycles. The van der Waals surface area contributed by atoms with Crippen molar-refractivity contribution in [2.24, 2.45) is 5.92 Å². The number of benzene rings is 1. The normalized spacial score (nSPS) is 25.7. The Morgan fingerprint density at radius 2 is 2.08 bits per heavy atom. The summed E-state index contributed by atoms with van der Waals surface area (Å²) in [5, 5.41) is 9.97. The fraction of sp³-hybridized carbons (Fsp3) is 0.333. The van der Waals surface area contributed by atoms with Crippen molar-refractivity contribution in [3.63, 3.8) is 0 Å². The Bertz CT molecular complexity index is 328. The van der Waals surface area contributed by atoms with E-state index in [1.54, 1.807) is 0 Å². The van der Waals surface area contributed by atoms with E-state index in [2.05, 4.69) is 19.1 Å². The standard InChI is InChI=1S/C12H14O/c1-2-9-7-8-10-5-3-4-6-11(10)12(9)13/h3-9,12-13H,2H2,1H3. The minimum atomic E-state index is -0.314. The smallest absolute Gasteiger partial charge is 0.0858 e. The van der Waals surface area contributed by atoms with Crippen molar-refractivity contribution in [2.45, 2.75) is 19.4 Å². The molecule has 0 bridgehead atoms. The Hall–Kier alpha value is -1.08. The number of hydrogen-bond acceptors (Lipinski definition) is 1. The van der Waals surface area contributed by atoms with E-state index in [0.717, 1.165) is 17.5 Å². The van der Waals surface area contributed by atoms with Crippen LogP contribution < -0.4 is 0 Å². The largest absolute Gasteiger partial charge is 0.388 e. The zero-order valence-electron chi connectivity index (χ0n) is 7.77. The van der Waals surface area contributed by atoms with E-state index in [1.165, 1.54) is 0 Å². The summed E-state index contributed by atoms with van der Waals surface area (Å²) in [6, 6.07) is 8.03. The van der Waals surface area contributed by atoms with Gasteiger partial charge in [0, 0.05) is 5.92 Å². The molecule has 1 aromatic rings. The quantitative estimate of drug-likeness (QED) is 0.694. The lowest BCUT2D eigenvalue weighted by molar-refractivity contribution is 0.128. The first-order valence-corrected chi connectivity index (χ1v) is 4.78. The molecule has 0 spiro atoms. The molecule has 0 radical (unpaired) electrons. The Balaban J connectivity index is 2.42. The van der Waals surface area contributed by atoms with Gasteiger partial charge in [0.15, 0.2) is 0 Å². The predicted octanol–water partition coefficient (Wildman–Crippen LogP) is 2.77. The molecule has 2 atom stereocenters. The lowest BCUT2D eigenvalue weighted by Gasteiger charge is -2.24. The minimum absolute atomic E-state index is 0.287. The first-order valence-electron chi connectivity index (χ1n) is 4.78. The van der Waals surface area contributed by atoms with Gasteiger partial charge < -0.3 is 5.11 Å². The van der Waals surface area contributed by atoms with Gasteiger partial charge in [-0.25, -0.2) is 0 Å². The third-order valence-electron chi connectivity index (χ3n) is 2.71. The van der Waals surface area contributed by atoms with E-state index in [-0.39, 0.29) is 12.0 Å². The molecule has 0 heterocycles. The highest BCUT2D eigenvalue weighted by atomic mass is 16.3. The second kappa shape index (κ2) is 3.35. The van der Waals surface area contributed by atoms with Crippen molar-refractivity contribution in [1.29, 1.82) is 0 Å². The number of aliphatic hydroxyl groups excluding tert-OH is 1. The summed E-state index contributed by atoms with van der Waals surface area (Å²) < 4.78 is 0. The van der Waals surface area contributed by atoms with Crippen LogP contribution in [0.3, 0.4) is 0 Å². The molecule has 1 N–H and O–H groups in total. The molecule has 1 aliphatic rings. The molecule has 2 rings (SSSR count). The summed E-state index contributed by atoms with van der Waals surface area (Å²) in [7, 11) is 0. The van der Waals surface area contributed by atoms with Crippen LogP contribution in [0.4, 0.5) is 0 Å². The molecule has 1 nitrogen and oxygen atoms in total. The Morgan fingerprint density at radius 1 is 1.31 bits per heavy atom. The number of fused-ring (bicyclic) bond motifs is 1. The van der Waals surface area contributed by atoms with Crippen molar-refractivity contribution in [3.05, 3.63) is 41.5 Å². The van der Waals surface area contributed by atoms with Crippen LogP contribution in [0, 0.1) is 5.92 Å². The van der Waals surface area contributed by atoms with Crippen molar-refractivity contribution in [1.82, 2.24) is 0 Å². The number of hydrogen-bond donors (Lipinski definition) is 1. The maximum atomic E-state index is 9.97. The maximum Gasteiger partial charge on any atom is 0.0858 e. The van der Waals surface area contributed by atoms with Gasteiger partial charge in [0.1, 0.15) is 0 Å². The molecule has 2 unspecified atom stereocenters. The highest BCUT2D eigenvalue weighted by molar-refractivity contribution is 5.57. The van der Waals surface area contributed by atoms with Crippen LogP contribution in [0.5, 0.6) is 0 Å². The maximum absolute atomic E-state index is 9.97. The molecule has 0 saturated heterocycles. The molecule has 1 aliphatic carbocycles. The third kappa shape index (κ3) is 1.40. The van der Waals surface area contributed by atoms with Gasteiger partial charge >= 0.3 is 0 Å². The van der Waals surface area contributed by atoms with Crippen LogP contribution in [-0.4, -0.2) is 5.11 Å². The third-order valence-corrected chi connectivity index (χ3v) is 2.71. The summed E-state index contributed by atoms with van der Waals surface area (Å²) in [6.45, 7) is 2.10. The van der Waals surface area contributed by atoms with Crippen LogP contribution in [0.25, 0.3) is 6.08 Å². The van der Waals surface area contributed by atoms with E-state index in [1.807, 2.05) is 24.3 Å². The molecule has 1 aromatic carbocycles. The van der Waals surface area contributed by atoms with E-state index in [9.17, 15) is 5.11 Å². The average molecular weight is 174 g/mol. The van der Waals surface area contributed by atoms with Crippen LogP contribution in [-0.2, 0) is 0 Å². The number of rotatable bonds is 1. The van der Waals surface area contributed by atoms with E-state index >= 15 is 0 Å². The van der Waals surface area contributed by atoms with Crippen LogP contribution in [0.15, 0.2) is 30.3 Å². The molecular weight excluding hydrogens is 160 g/mol. The molecule has 0 amide bonds. The highest BCUT2D eigenvalue weighted by Gasteiger charge is 2.21. The lowest BCUT2D eigenvalue weighted by Crippen LogP contribution is -2.13. The van der Waals surface area contributed by atoms with E-state index in [4.69, 9.17) is 0 Å². The van der Waals surface area contributed by atoms with Gasteiger partial charge in [-0.3, -0.25) is 0 Å². The van der Waals surface area contributed by atoms with Crippen molar-refractivity contribution < 1.29 is 5.11 Å². The molecule has 0 aliphatic heterocycles. The van der Waals surface area contributed by atoms with Crippen molar-refractivity contribution in [3.8, 4) is 0 Å². The SMILES string of the molecule is CCC1C=Cc2ccccc2C1O. The van der Waals surface area contributed by atoms with E-state index in [0.29, 0.717) is 0 Å². The van der Waals surface area contributed by atoms with Crippen LogP contribution >= 0.6 is 0 Å². The summed E-state index contributed by atoms with van der Waals surface area (Å²) >= 11 is 0. The monoisotopic (exact) mass is 174 g/mol. The molecule has 0 aromatic heterocycles. The average Bonchev–Trinajstić information content (AvgIpc) is 2.19. The first kappa shape index (κ1) is 8.52. The van der Waals surface area contributed by atoms with Gasteiger partial charge in [-0.1, -0.05) is 43.3 Å². The second-order valence-electron chi connectivity index (χ2n) is 3.50. The van der Waals surface area contributed by atoms with Gasteiger partial charge in [-0.05, 0) is 17.5 Å². The lowest BCUT2D eigenvalue weighted by atomic mass is 9.85. The highest BCUT2D eigenvalue weighted by Crippen LogP contribution is 2.33. The summed E-state index contributed by atoms with van der Waals surface area (Å²) in [5.41, 5.74) is 2.22. The fourth-order valence-corrected chi connectivity index (χ4v) is 1.85. The Morgan fingerprint density at radius 3 is 2.85 bits per heavy atom. The van der Waals surface area contributed by atoms with Crippen LogP contribution in [0.1, 0.15) is 30.6 Å². The summed E-state index contributed by atoms with van der Waals surface area (Å²) in [5.74, 6) is 0.287. The summed E-state index contributed by atoms with van der Waals surface area (Å²) in [4.78, 5) is 0. The second-order valence-corrected chi connectivity index (χ2v) is 3.50. The van der Waals surface area contributed by atoms with Gasteiger partial charge in [-0.2, -0.15) is 0 Å². The van der Waals surface area contributed by atoms with Gasteiger partial charge in [0.25, 0.3) is 0 Å². The van der Waals surface area contributed by atoms with Crippen molar-refractivity contribution >= 4 is 6.08 Å². The van der Waals surface area contributed by atoms with Gasteiger partial charge in [0.2, 0.25) is 0 Å². The molecule has 13 heavy (non-hydrogen) atoms. The molecule has 0 fully saturated rings. The zero-order valence-corrected chi connectivity index (χ0v) is 7.77. The minimum Gasteiger partial charge on any atom is -0.388 e. The van der Waals surface area contributed by atoms with Gasteiger partial charge in [-0.15, -0.1) is 0 Å². The number of aliphatic hydroxyl groups is 1.